The molecule has 15 nitrogen and oxygen atoms in total. The number of benzene rings is 2. The number of allylic oxidation sites excluding steroid dienone is 8. The summed E-state index contributed by atoms with van der Waals surface area (Å²) in [5.41, 5.74) is 4.41. The molecule has 3 N–H and O–H groups in total. The molecule has 0 aliphatic carbocycles. The number of carbonyl (C=O) groups excluding carboxylic acids is 1. The molecule has 0 spiro atoms. The number of ketones is 1. The average molecular weight is 911 g/mol. The van der Waals surface area contributed by atoms with Crippen molar-refractivity contribution in [2.75, 3.05) is 43.1 Å². The Labute approximate surface area is 365 Å². The summed E-state index contributed by atoms with van der Waals surface area (Å²) in [7, 11) is -2.37. The van der Waals surface area contributed by atoms with Gasteiger partial charge < -0.3 is 4.90 Å². The Morgan fingerprint density at radius 3 is 2.17 bits per heavy atom. The maximum Gasteiger partial charge on any atom is 0.242 e. The lowest BCUT2D eigenvalue weighted by atomic mass is 9.81. The van der Waals surface area contributed by atoms with Crippen LogP contribution in [0.15, 0.2) is 94.4 Å². The maximum absolute atomic E-state index is 13.7. The SMILES string of the molecule is CN(CCC(=O)C(C)(C)C)S(=O)(=O)c1ccc2c(c1)C(C)(C)C(=CC=CC=CC=CC1=[N+](CCCSOOO)c3ccc(SOOO)cc3C1(C)C)N2CCCSOOO. The van der Waals surface area contributed by atoms with Crippen LogP contribution in [0.4, 0.5) is 11.4 Å². The van der Waals surface area contributed by atoms with Crippen molar-refractivity contribution in [3.05, 3.63) is 95.8 Å². The van der Waals surface area contributed by atoms with Crippen LogP contribution in [-0.4, -0.2) is 82.8 Å². The van der Waals surface area contributed by atoms with Crippen LogP contribution in [0.5, 0.6) is 0 Å². The van der Waals surface area contributed by atoms with E-state index < -0.39 is 20.9 Å². The summed E-state index contributed by atoms with van der Waals surface area (Å²) < 4.78 is 44.8. The highest BCUT2D eigenvalue weighted by Crippen LogP contribution is 2.49. The summed E-state index contributed by atoms with van der Waals surface area (Å²) >= 11 is 2.90. The second kappa shape index (κ2) is 22.5. The lowest BCUT2D eigenvalue weighted by molar-refractivity contribution is -0.438. The van der Waals surface area contributed by atoms with E-state index >= 15 is 0 Å². The fraction of sp³-hybridized carbons (Fsp3) is 0.463. The molecule has 19 heteroatoms. The van der Waals surface area contributed by atoms with Crippen molar-refractivity contribution in [1.29, 1.82) is 0 Å². The number of hydrogen-bond acceptors (Lipinski definition) is 16. The zero-order valence-corrected chi connectivity index (χ0v) is 38.4. The van der Waals surface area contributed by atoms with E-state index in [1.165, 1.54) is 11.4 Å². The Kier molecular flexibility index (Phi) is 18.7. The molecule has 0 fully saturated rings. The second-order valence-electron chi connectivity index (χ2n) is 16.1. The molecular weight excluding hydrogens is 855 g/mol. The van der Waals surface area contributed by atoms with Crippen LogP contribution in [-0.2, 0) is 53.8 Å². The molecule has 0 saturated carbocycles. The van der Waals surface area contributed by atoms with E-state index in [1.54, 1.807) is 12.1 Å². The fourth-order valence-electron chi connectivity index (χ4n) is 7.15. The summed E-state index contributed by atoms with van der Waals surface area (Å²) in [5, 5.41) is 36.9. The first-order valence-corrected chi connectivity index (χ1v) is 23.2. The number of nitrogens with zero attached hydrogens (tertiary/aromatic N) is 3. The monoisotopic (exact) mass is 910 g/mol. The Morgan fingerprint density at radius 2 is 1.50 bits per heavy atom. The van der Waals surface area contributed by atoms with Crippen LogP contribution in [0.3, 0.4) is 0 Å². The molecule has 0 aromatic heterocycles. The predicted molar refractivity (Wildman–Crippen MR) is 235 cm³/mol. The third kappa shape index (κ3) is 12.4. The van der Waals surface area contributed by atoms with Crippen molar-refractivity contribution in [1.82, 2.24) is 4.31 Å². The number of sulfonamides is 1. The standard InChI is InChI=1S/C41H55N3O12S4/c1-39(2,3)38(45)22-25-42(8)60(49,50)31-19-21-35-33(29-31)41(6,7)37(44(35)24-15-27-58-55-52-47)17-13-11-9-10-12-16-36-40(4,5)32-28-30(59-56-53-48)18-20-34(32)43(36)23-14-26-57-54-51-46/h9-13,16-21,28-29H,14-15,22-27H2,1-8H3,(H2-,46,47,48)/p+1. The second-order valence-corrected chi connectivity index (χ2v) is 20.5. The van der Waals surface area contributed by atoms with Gasteiger partial charge in [-0.05, 0) is 62.2 Å². The van der Waals surface area contributed by atoms with Crippen LogP contribution < -0.4 is 4.90 Å². The molecule has 0 atom stereocenters. The Balaban J connectivity index is 1.58. The summed E-state index contributed by atoms with van der Waals surface area (Å²) in [6.45, 7) is 15.2. The van der Waals surface area contributed by atoms with Gasteiger partial charge >= 0.3 is 0 Å². The van der Waals surface area contributed by atoms with Gasteiger partial charge in [-0.25, -0.2) is 28.5 Å². The molecular formula is C41H56N3O12S4+. The van der Waals surface area contributed by atoms with Crippen LogP contribution >= 0.6 is 36.1 Å². The molecule has 2 aromatic carbocycles. The molecule has 0 radical (unpaired) electrons. The zero-order valence-electron chi connectivity index (χ0n) is 35.2. The smallest absolute Gasteiger partial charge is 0.242 e. The van der Waals surface area contributed by atoms with E-state index in [2.05, 4.69) is 71.4 Å². The maximum atomic E-state index is 13.7. The molecule has 60 heavy (non-hydrogen) atoms. The molecule has 2 aliphatic rings. The van der Waals surface area contributed by atoms with E-state index in [0.717, 1.165) is 81.4 Å². The Hall–Kier alpha value is -2.86. The topological polar surface area (TPSA) is 177 Å². The largest absolute Gasteiger partial charge is 0.344 e. The summed E-state index contributed by atoms with van der Waals surface area (Å²) in [5.74, 6) is 1.12. The number of fused-ring (bicyclic) bond motifs is 2. The van der Waals surface area contributed by atoms with Gasteiger partial charge in [0.1, 0.15) is 12.3 Å². The molecule has 0 unspecified atom stereocenters. The van der Waals surface area contributed by atoms with E-state index in [-0.39, 0.29) is 29.1 Å². The highest BCUT2D eigenvalue weighted by Gasteiger charge is 2.44. The van der Waals surface area contributed by atoms with Crippen molar-refractivity contribution in [2.24, 2.45) is 5.41 Å². The normalized spacial score (nSPS) is 17.1. The van der Waals surface area contributed by atoms with Gasteiger partial charge in [-0.3, -0.25) is 4.79 Å². The minimum atomic E-state index is -3.88. The summed E-state index contributed by atoms with van der Waals surface area (Å²) in [6.07, 6.45) is 15.4. The van der Waals surface area contributed by atoms with Crippen LogP contribution in [0.25, 0.3) is 0 Å². The number of rotatable bonds is 24. The quantitative estimate of drug-likeness (QED) is 0.0226. The Morgan fingerprint density at radius 1 is 0.850 bits per heavy atom. The van der Waals surface area contributed by atoms with Gasteiger partial charge in [0.25, 0.3) is 0 Å². The zero-order chi connectivity index (χ0) is 44.1. The third-order valence-electron chi connectivity index (χ3n) is 10.4. The van der Waals surface area contributed by atoms with Gasteiger partial charge in [0, 0.05) is 113 Å². The molecule has 2 heterocycles. The lowest BCUT2D eigenvalue weighted by Crippen LogP contribution is -2.31. The van der Waals surface area contributed by atoms with E-state index in [0.29, 0.717) is 31.0 Å². The van der Waals surface area contributed by atoms with Crippen molar-refractivity contribution in [3.63, 3.8) is 0 Å². The van der Waals surface area contributed by atoms with Crippen LogP contribution in [0.1, 0.15) is 78.9 Å². The fourth-order valence-corrected chi connectivity index (χ4v) is 9.46. The first kappa shape index (κ1) is 49.8. The number of anilines is 1. The van der Waals surface area contributed by atoms with E-state index in [9.17, 15) is 13.2 Å². The molecule has 2 aromatic rings. The first-order chi connectivity index (χ1) is 28.4. The molecule has 2 aliphatic heterocycles. The molecule has 4 rings (SSSR count). The predicted octanol–water partition coefficient (Wildman–Crippen LogP) is 9.39. The highest BCUT2D eigenvalue weighted by molar-refractivity contribution is 7.95. The first-order valence-electron chi connectivity index (χ1n) is 19.2. The number of carbonyl (C=O) groups is 1. The average Bonchev–Trinajstić information content (AvgIpc) is 3.55. The molecule has 330 valence electrons. The van der Waals surface area contributed by atoms with Gasteiger partial charge in [-0.2, -0.15) is 4.58 Å². The van der Waals surface area contributed by atoms with E-state index in [4.69, 9.17) is 15.8 Å². The van der Waals surface area contributed by atoms with Gasteiger partial charge in [0.05, 0.1) is 22.4 Å². The Bertz CT molecular complexity index is 2060. The minimum absolute atomic E-state index is 0.00605. The van der Waals surface area contributed by atoms with Crippen LogP contribution in [0, 0.1) is 5.41 Å². The lowest BCUT2D eigenvalue weighted by Gasteiger charge is -2.27. The van der Waals surface area contributed by atoms with Crippen molar-refractivity contribution in [2.45, 2.75) is 88.3 Å². The van der Waals surface area contributed by atoms with Crippen molar-refractivity contribution < 1.29 is 61.7 Å². The summed E-state index contributed by atoms with van der Waals surface area (Å²) in [6, 6.07) is 11.1. The number of Topliss-reactive ketones (excluding diaryl/α,β-unsaturated/α-hetero) is 1. The van der Waals surface area contributed by atoms with Crippen LogP contribution in [0.2, 0.25) is 0 Å². The van der Waals surface area contributed by atoms with Crippen molar-refractivity contribution >= 4 is 69.0 Å². The molecule has 0 saturated heterocycles. The van der Waals surface area contributed by atoms with Gasteiger partial charge in [0.15, 0.2) is 5.71 Å². The number of hydrogen-bond donors (Lipinski definition) is 3. The van der Waals surface area contributed by atoms with Crippen molar-refractivity contribution in [3.8, 4) is 0 Å². The van der Waals surface area contributed by atoms with Gasteiger partial charge in [-0.15, -0.1) is 13.0 Å². The summed E-state index contributed by atoms with van der Waals surface area (Å²) in [4.78, 5) is 15.7. The minimum Gasteiger partial charge on any atom is -0.344 e. The highest BCUT2D eigenvalue weighted by atomic mass is 32.2. The van der Waals surface area contributed by atoms with E-state index in [1.807, 2.05) is 81.5 Å². The van der Waals surface area contributed by atoms with Gasteiger partial charge in [0.2, 0.25) is 15.7 Å². The molecule has 0 amide bonds. The molecule has 0 bridgehead atoms. The third-order valence-corrected chi connectivity index (χ3v) is 14.1. The van der Waals surface area contributed by atoms with Gasteiger partial charge in [-0.1, -0.05) is 80.1 Å².